The molecule has 3 aromatic carbocycles. The molecule has 3 aromatic rings. The zero-order valence-electron chi connectivity index (χ0n) is 12.1. The van der Waals surface area contributed by atoms with Gasteiger partial charge in [-0.05, 0) is 34.9 Å². The van der Waals surface area contributed by atoms with Gasteiger partial charge in [0.05, 0.1) is 5.16 Å². The van der Waals surface area contributed by atoms with Gasteiger partial charge in [-0.3, -0.25) is 0 Å². The van der Waals surface area contributed by atoms with Crippen LogP contribution < -0.4 is 0 Å². The molecular weight excluding hydrogens is 366 g/mol. The summed E-state index contributed by atoms with van der Waals surface area (Å²) in [6, 6.07) is 23.3. The lowest BCUT2D eigenvalue weighted by Crippen LogP contribution is -2.23. The van der Waals surface area contributed by atoms with Crippen LogP contribution in [0.4, 0.5) is 0 Å². The predicted molar refractivity (Wildman–Crippen MR) is 104 cm³/mol. The maximum absolute atomic E-state index is 6.51. The molecule has 116 valence electrons. The minimum Gasteiger partial charge on any atom is -0.117 e. The molecule has 0 heterocycles. The lowest BCUT2D eigenvalue weighted by atomic mass is 9.83. The Kier molecular flexibility index (Phi) is 4.99. The smallest absolute Gasteiger partial charge is 0.0635 e. The Morgan fingerprint density at radius 1 is 0.522 bits per heavy atom. The van der Waals surface area contributed by atoms with Crippen molar-refractivity contribution < 1.29 is 0 Å². The van der Waals surface area contributed by atoms with E-state index in [9.17, 15) is 0 Å². The summed E-state index contributed by atoms with van der Waals surface area (Å²) in [5.74, 6) is 0. The van der Waals surface area contributed by atoms with E-state index in [1.807, 2.05) is 72.8 Å². The normalized spacial score (nSPS) is 11.5. The summed E-state index contributed by atoms with van der Waals surface area (Å²) in [4.78, 5) is 0. The molecule has 0 radical (unpaired) electrons. The van der Waals surface area contributed by atoms with Crippen LogP contribution in [-0.4, -0.2) is 0 Å². The highest BCUT2D eigenvalue weighted by Gasteiger charge is 2.36. The molecule has 0 spiro atoms. The molecule has 0 aliphatic carbocycles. The van der Waals surface area contributed by atoms with Gasteiger partial charge in [-0.15, -0.1) is 9.24 Å². The molecule has 0 amide bonds. The zero-order chi connectivity index (χ0) is 16.4. The second-order valence-corrected chi connectivity index (χ2v) is 7.34. The van der Waals surface area contributed by atoms with Crippen LogP contribution in [0.25, 0.3) is 0 Å². The van der Waals surface area contributed by atoms with Crippen LogP contribution in [0.15, 0.2) is 72.8 Å². The van der Waals surface area contributed by atoms with E-state index in [0.717, 1.165) is 16.7 Å². The molecule has 1 unspecified atom stereocenters. The Morgan fingerprint density at radius 3 is 1.04 bits per heavy atom. The van der Waals surface area contributed by atoms with E-state index in [1.54, 1.807) is 0 Å². The average molecular weight is 380 g/mol. The molecule has 0 aliphatic heterocycles. The van der Waals surface area contributed by atoms with E-state index in [-0.39, 0.29) is 0 Å². The van der Waals surface area contributed by atoms with Crippen LogP contribution in [0.2, 0.25) is 15.1 Å². The molecule has 4 heteroatoms. The van der Waals surface area contributed by atoms with Crippen LogP contribution in [-0.2, 0) is 5.16 Å². The summed E-state index contributed by atoms with van der Waals surface area (Å²) in [7, 11) is 2.91. The number of hydrogen-bond acceptors (Lipinski definition) is 0. The largest absolute Gasteiger partial charge is 0.117 e. The fourth-order valence-corrected chi connectivity index (χ4v) is 4.66. The molecule has 0 saturated heterocycles. The van der Waals surface area contributed by atoms with E-state index in [0.29, 0.717) is 15.1 Å². The van der Waals surface area contributed by atoms with Gasteiger partial charge in [-0.25, -0.2) is 0 Å². The first kappa shape index (κ1) is 16.8. The van der Waals surface area contributed by atoms with Crippen LogP contribution in [0.5, 0.6) is 0 Å². The summed E-state index contributed by atoms with van der Waals surface area (Å²) >= 11 is 19.5. The van der Waals surface area contributed by atoms with E-state index in [2.05, 4.69) is 9.24 Å². The number of benzene rings is 3. The van der Waals surface area contributed by atoms with Crippen molar-refractivity contribution in [3.8, 4) is 0 Å². The average Bonchev–Trinajstić information content (AvgIpc) is 2.55. The molecule has 0 fully saturated rings. The van der Waals surface area contributed by atoms with Crippen molar-refractivity contribution in [3.63, 3.8) is 0 Å². The topological polar surface area (TPSA) is 0 Å². The Morgan fingerprint density at radius 2 is 0.783 bits per heavy atom. The van der Waals surface area contributed by atoms with Gasteiger partial charge in [0.1, 0.15) is 0 Å². The molecule has 0 aromatic heterocycles. The second-order valence-electron chi connectivity index (χ2n) is 5.25. The monoisotopic (exact) mass is 378 g/mol. The first-order valence-corrected chi connectivity index (χ1v) is 8.80. The Hall–Kier alpha value is -1.04. The van der Waals surface area contributed by atoms with Crippen molar-refractivity contribution in [3.05, 3.63) is 105 Å². The first-order valence-electron chi connectivity index (χ1n) is 7.09. The third-order valence-electron chi connectivity index (χ3n) is 3.90. The highest BCUT2D eigenvalue weighted by Crippen LogP contribution is 2.51. The third-order valence-corrected chi connectivity index (χ3v) is 5.82. The Labute approximate surface area is 153 Å². The fourth-order valence-electron chi connectivity index (χ4n) is 2.78. The van der Waals surface area contributed by atoms with Gasteiger partial charge in [0.15, 0.2) is 0 Å². The summed E-state index contributed by atoms with van der Waals surface area (Å²) in [6.07, 6.45) is 0. The van der Waals surface area contributed by atoms with Gasteiger partial charge in [0.2, 0.25) is 0 Å². The molecule has 0 nitrogen and oxygen atoms in total. The van der Waals surface area contributed by atoms with Gasteiger partial charge in [-0.1, -0.05) is 89.4 Å². The summed E-state index contributed by atoms with van der Waals surface area (Å²) < 4.78 is 0. The number of halogens is 3. The minimum atomic E-state index is -0.630. The second kappa shape index (κ2) is 6.83. The van der Waals surface area contributed by atoms with E-state index in [4.69, 9.17) is 34.8 Å². The Balaban J connectivity index is 2.38. The molecule has 23 heavy (non-hydrogen) atoms. The van der Waals surface area contributed by atoms with Crippen LogP contribution in [0.3, 0.4) is 0 Å². The van der Waals surface area contributed by atoms with E-state index in [1.165, 1.54) is 0 Å². The first-order chi connectivity index (χ1) is 11.0. The van der Waals surface area contributed by atoms with Crippen molar-refractivity contribution in [1.29, 1.82) is 0 Å². The fraction of sp³-hybridized carbons (Fsp3) is 0.0526. The van der Waals surface area contributed by atoms with Crippen LogP contribution in [0.1, 0.15) is 16.7 Å². The van der Waals surface area contributed by atoms with E-state index < -0.39 is 5.16 Å². The van der Waals surface area contributed by atoms with E-state index >= 15 is 0 Å². The van der Waals surface area contributed by atoms with Crippen molar-refractivity contribution >= 4 is 44.0 Å². The third kappa shape index (κ3) is 3.02. The predicted octanol–water partition coefficient (Wildman–Crippen LogP) is 6.81. The number of rotatable bonds is 3. The van der Waals surface area contributed by atoms with Crippen LogP contribution in [0, 0.1) is 0 Å². The highest BCUT2D eigenvalue weighted by atomic mass is 35.5. The van der Waals surface area contributed by atoms with Gasteiger partial charge < -0.3 is 0 Å². The maximum atomic E-state index is 6.51. The van der Waals surface area contributed by atoms with Crippen molar-refractivity contribution in [1.82, 2.24) is 0 Å². The molecule has 0 N–H and O–H groups in total. The summed E-state index contributed by atoms with van der Waals surface area (Å²) in [5.41, 5.74) is 2.81. The Bertz CT molecular complexity index is 734. The minimum absolute atomic E-state index is 0.630. The molecule has 0 bridgehead atoms. The van der Waals surface area contributed by atoms with Gasteiger partial charge in [-0.2, -0.15) is 0 Å². The zero-order valence-corrected chi connectivity index (χ0v) is 15.6. The van der Waals surface area contributed by atoms with Gasteiger partial charge in [0, 0.05) is 15.1 Å². The molecule has 0 aliphatic rings. The molecular formula is C19H14Cl3P. The quantitative estimate of drug-likeness (QED) is 0.346. The summed E-state index contributed by atoms with van der Waals surface area (Å²) in [5, 5.41) is 1.38. The van der Waals surface area contributed by atoms with Crippen molar-refractivity contribution in [2.24, 2.45) is 0 Å². The molecule has 3 rings (SSSR count). The number of hydrogen-bond donors (Lipinski definition) is 0. The standard InChI is InChI=1S/C19H14Cl3P/c20-16-10-4-1-7-13(16)19(23,14-8-2-5-11-17(14)21)15-9-3-6-12-18(15)22/h1-12H,23H2. The lowest BCUT2D eigenvalue weighted by molar-refractivity contribution is 0.897. The molecule has 1 atom stereocenters. The van der Waals surface area contributed by atoms with Crippen LogP contribution >= 0.6 is 44.0 Å². The highest BCUT2D eigenvalue weighted by molar-refractivity contribution is 7.19. The van der Waals surface area contributed by atoms with Crippen molar-refractivity contribution in [2.45, 2.75) is 5.16 Å². The summed E-state index contributed by atoms with van der Waals surface area (Å²) in [6.45, 7) is 0. The molecule has 0 saturated carbocycles. The lowest BCUT2D eigenvalue weighted by Gasteiger charge is -2.33. The maximum Gasteiger partial charge on any atom is 0.0635 e. The van der Waals surface area contributed by atoms with Gasteiger partial charge >= 0.3 is 0 Å². The van der Waals surface area contributed by atoms with Gasteiger partial charge in [0.25, 0.3) is 0 Å². The van der Waals surface area contributed by atoms with Crippen molar-refractivity contribution in [2.75, 3.05) is 0 Å². The SMILES string of the molecule is PC(c1ccccc1Cl)(c1ccccc1Cl)c1ccccc1Cl.